The number of nitriles is 1. The molecule has 0 spiro atoms. The van der Waals surface area contributed by atoms with Gasteiger partial charge in [-0.05, 0) is 36.8 Å². The second-order valence-electron chi connectivity index (χ2n) is 2.79. The molecule has 0 saturated heterocycles. The van der Waals surface area contributed by atoms with E-state index in [0.29, 0.717) is 11.1 Å². The van der Waals surface area contributed by atoms with Gasteiger partial charge in [0.05, 0.1) is 11.6 Å². The van der Waals surface area contributed by atoms with Crippen LogP contribution in [0.15, 0.2) is 24.3 Å². The number of hydrogen-bond acceptors (Lipinski definition) is 2. The van der Waals surface area contributed by atoms with E-state index in [0.717, 1.165) is 0 Å². The molecular formula is C11H8FNO. The second kappa shape index (κ2) is 4.33. The molecule has 1 aromatic rings. The molecule has 0 amide bonds. The number of allylic oxidation sites excluding steroid dienone is 1. The molecule has 0 bridgehead atoms. The first-order valence-electron chi connectivity index (χ1n) is 4.02. The van der Waals surface area contributed by atoms with Crippen LogP contribution in [0.2, 0.25) is 0 Å². The molecule has 0 fully saturated rings. The first kappa shape index (κ1) is 10.1. The standard InChI is InChI=1S/C11H8FNO/c1-8(14)2-3-9-6-11(12)5-4-10(9)7-13/h2-6H,1H3/b3-2+. The largest absolute Gasteiger partial charge is 0.295 e. The first-order valence-corrected chi connectivity index (χ1v) is 4.02. The van der Waals surface area contributed by atoms with Crippen LogP contribution in [0.4, 0.5) is 4.39 Å². The van der Waals surface area contributed by atoms with Gasteiger partial charge in [-0.1, -0.05) is 6.08 Å². The summed E-state index contributed by atoms with van der Waals surface area (Å²) in [6.45, 7) is 1.39. The van der Waals surface area contributed by atoms with Gasteiger partial charge >= 0.3 is 0 Å². The minimum absolute atomic E-state index is 0.141. The van der Waals surface area contributed by atoms with Gasteiger partial charge in [0.25, 0.3) is 0 Å². The van der Waals surface area contributed by atoms with Crippen LogP contribution in [0.5, 0.6) is 0 Å². The van der Waals surface area contributed by atoms with Crippen LogP contribution in [0, 0.1) is 17.1 Å². The highest BCUT2D eigenvalue weighted by molar-refractivity contribution is 5.91. The smallest absolute Gasteiger partial charge is 0.152 e. The molecule has 3 heteroatoms. The van der Waals surface area contributed by atoms with Gasteiger partial charge < -0.3 is 0 Å². The zero-order chi connectivity index (χ0) is 10.6. The predicted octanol–water partition coefficient (Wildman–Crippen LogP) is 2.30. The van der Waals surface area contributed by atoms with Gasteiger partial charge in [-0.25, -0.2) is 4.39 Å². The van der Waals surface area contributed by atoms with Crippen LogP contribution in [0.1, 0.15) is 18.1 Å². The normalized spacial score (nSPS) is 10.1. The monoisotopic (exact) mass is 189 g/mol. The fraction of sp³-hybridized carbons (Fsp3) is 0.0909. The lowest BCUT2D eigenvalue weighted by atomic mass is 10.1. The molecule has 0 aromatic heterocycles. The van der Waals surface area contributed by atoms with Crippen molar-refractivity contribution < 1.29 is 9.18 Å². The third kappa shape index (κ3) is 2.53. The van der Waals surface area contributed by atoms with Gasteiger partial charge in [-0.2, -0.15) is 5.26 Å². The van der Waals surface area contributed by atoms with Crippen molar-refractivity contribution >= 4 is 11.9 Å². The van der Waals surface area contributed by atoms with Gasteiger partial charge in [-0.3, -0.25) is 4.79 Å². The molecule has 2 nitrogen and oxygen atoms in total. The Morgan fingerprint density at radius 2 is 2.29 bits per heavy atom. The highest BCUT2D eigenvalue weighted by Gasteiger charge is 2.00. The van der Waals surface area contributed by atoms with E-state index in [-0.39, 0.29) is 5.78 Å². The van der Waals surface area contributed by atoms with Gasteiger partial charge in [0.15, 0.2) is 5.78 Å². The van der Waals surface area contributed by atoms with Crippen LogP contribution in [-0.2, 0) is 4.79 Å². The average molecular weight is 189 g/mol. The summed E-state index contributed by atoms with van der Waals surface area (Å²) in [4.78, 5) is 10.6. The van der Waals surface area contributed by atoms with E-state index in [1.807, 2.05) is 6.07 Å². The molecule has 1 aromatic carbocycles. The number of nitrogens with zero attached hydrogens (tertiary/aromatic N) is 1. The predicted molar refractivity (Wildman–Crippen MR) is 50.8 cm³/mol. The number of halogens is 1. The van der Waals surface area contributed by atoms with E-state index in [9.17, 15) is 9.18 Å². The van der Waals surface area contributed by atoms with Crippen LogP contribution in [0.25, 0.3) is 6.08 Å². The maximum atomic E-state index is 12.8. The first-order chi connectivity index (χ1) is 6.63. The molecule has 0 aliphatic rings. The summed E-state index contributed by atoms with van der Waals surface area (Å²) in [5.74, 6) is -0.564. The number of benzene rings is 1. The maximum absolute atomic E-state index is 12.8. The van der Waals surface area contributed by atoms with E-state index < -0.39 is 5.82 Å². The lowest BCUT2D eigenvalue weighted by molar-refractivity contribution is -0.112. The van der Waals surface area contributed by atoms with Crippen molar-refractivity contribution in [1.29, 1.82) is 5.26 Å². The molecule has 1 rings (SSSR count). The average Bonchev–Trinajstić information content (AvgIpc) is 2.15. The lowest BCUT2D eigenvalue weighted by Crippen LogP contribution is -1.86. The summed E-state index contributed by atoms with van der Waals surface area (Å²) < 4.78 is 12.8. The summed E-state index contributed by atoms with van der Waals surface area (Å²) in [6.07, 6.45) is 2.74. The van der Waals surface area contributed by atoms with Crippen LogP contribution >= 0.6 is 0 Å². The van der Waals surface area contributed by atoms with Crippen molar-refractivity contribution in [1.82, 2.24) is 0 Å². The Balaban J connectivity index is 3.13. The number of carbonyl (C=O) groups is 1. The Morgan fingerprint density at radius 3 is 2.86 bits per heavy atom. The summed E-state index contributed by atoms with van der Waals surface area (Å²) >= 11 is 0. The number of rotatable bonds is 2. The molecule has 0 aliphatic heterocycles. The molecule has 0 atom stereocenters. The Bertz CT molecular complexity index is 429. The van der Waals surface area contributed by atoms with E-state index in [4.69, 9.17) is 5.26 Å². The summed E-state index contributed by atoms with van der Waals surface area (Å²) in [5.41, 5.74) is 0.770. The zero-order valence-electron chi connectivity index (χ0n) is 7.62. The van der Waals surface area contributed by atoms with Crippen molar-refractivity contribution in [2.45, 2.75) is 6.92 Å². The molecule has 0 unspecified atom stereocenters. The summed E-state index contributed by atoms with van der Waals surface area (Å²) in [5, 5.41) is 8.68. The quantitative estimate of drug-likeness (QED) is 0.670. The molecular weight excluding hydrogens is 181 g/mol. The Kier molecular flexibility index (Phi) is 3.14. The van der Waals surface area contributed by atoms with Crippen molar-refractivity contribution in [2.24, 2.45) is 0 Å². The van der Waals surface area contributed by atoms with Crippen LogP contribution in [-0.4, -0.2) is 5.78 Å². The Hall–Kier alpha value is -1.95. The van der Waals surface area contributed by atoms with Gasteiger partial charge in [0.1, 0.15) is 5.82 Å². The third-order valence-electron chi connectivity index (χ3n) is 1.63. The number of hydrogen-bond donors (Lipinski definition) is 0. The van der Waals surface area contributed by atoms with Crippen LogP contribution in [0.3, 0.4) is 0 Å². The van der Waals surface area contributed by atoms with E-state index in [1.54, 1.807) is 0 Å². The Labute approximate surface area is 81.3 Å². The molecule has 0 aliphatic carbocycles. The molecule has 70 valence electrons. The van der Waals surface area contributed by atoms with Crippen LogP contribution < -0.4 is 0 Å². The second-order valence-corrected chi connectivity index (χ2v) is 2.79. The highest BCUT2D eigenvalue weighted by Crippen LogP contribution is 2.12. The summed E-state index contributed by atoms with van der Waals surface area (Å²) in [6, 6.07) is 5.73. The zero-order valence-corrected chi connectivity index (χ0v) is 7.62. The number of ketones is 1. The van der Waals surface area contributed by atoms with Crippen molar-refractivity contribution in [2.75, 3.05) is 0 Å². The SMILES string of the molecule is CC(=O)/C=C/c1cc(F)ccc1C#N. The van der Waals surface area contributed by atoms with Gasteiger partial charge in [0, 0.05) is 0 Å². The van der Waals surface area contributed by atoms with Crippen molar-refractivity contribution in [3.05, 3.63) is 41.2 Å². The van der Waals surface area contributed by atoms with Gasteiger partial charge in [0.2, 0.25) is 0 Å². The number of carbonyl (C=O) groups excluding carboxylic acids is 1. The van der Waals surface area contributed by atoms with Crippen molar-refractivity contribution in [3.63, 3.8) is 0 Å². The molecule has 0 N–H and O–H groups in total. The fourth-order valence-corrected chi connectivity index (χ4v) is 0.980. The minimum Gasteiger partial charge on any atom is -0.295 e. The third-order valence-corrected chi connectivity index (χ3v) is 1.63. The highest BCUT2D eigenvalue weighted by atomic mass is 19.1. The van der Waals surface area contributed by atoms with Gasteiger partial charge in [-0.15, -0.1) is 0 Å². The molecule has 0 radical (unpaired) electrons. The fourth-order valence-electron chi connectivity index (χ4n) is 0.980. The molecule has 0 saturated carbocycles. The van der Waals surface area contributed by atoms with E-state index >= 15 is 0 Å². The van der Waals surface area contributed by atoms with E-state index in [2.05, 4.69) is 0 Å². The maximum Gasteiger partial charge on any atom is 0.152 e. The molecule has 14 heavy (non-hydrogen) atoms. The topological polar surface area (TPSA) is 40.9 Å². The summed E-state index contributed by atoms with van der Waals surface area (Å²) in [7, 11) is 0. The Morgan fingerprint density at radius 1 is 1.57 bits per heavy atom. The minimum atomic E-state index is -0.424. The molecule has 0 heterocycles. The lowest BCUT2D eigenvalue weighted by Gasteiger charge is -1.96. The van der Waals surface area contributed by atoms with Crippen molar-refractivity contribution in [3.8, 4) is 6.07 Å². The van der Waals surface area contributed by atoms with E-state index in [1.165, 1.54) is 37.3 Å².